The molecule has 146 valence electrons. The number of aromatic nitrogens is 2. The van der Waals surface area contributed by atoms with Gasteiger partial charge in [0.2, 0.25) is 5.91 Å². The van der Waals surface area contributed by atoms with Gasteiger partial charge in [-0.05, 0) is 55.9 Å². The van der Waals surface area contributed by atoms with Gasteiger partial charge in [-0.3, -0.25) is 14.2 Å². The van der Waals surface area contributed by atoms with Crippen LogP contribution in [0.3, 0.4) is 0 Å². The number of aryl methyl sites for hydroxylation is 3. The third-order valence-electron chi connectivity index (χ3n) is 5.25. The molecule has 1 atom stereocenters. The molecule has 3 aromatic rings. The molecule has 0 aliphatic heterocycles. The minimum absolute atomic E-state index is 0.0277. The first kappa shape index (κ1) is 19.2. The molecule has 0 unspecified atom stereocenters. The molecule has 1 N–H and O–H groups in total. The second-order valence-electron chi connectivity index (χ2n) is 7.23. The van der Waals surface area contributed by atoms with E-state index in [2.05, 4.69) is 10.3 Å². The lowest BCUT2D eigenvalue weighted by Crippen LogP contribution is -2.29. The highest BCUT2D eigenvalue weighted by Crippen LogP contribution is 2.33. The lowest BCUT2D eigenvalue weighted by atomic mass is 9.97. The van der Waals surface area contributed by atoms with E-state index in [1.807, 2.05) is 25.1 Å². The number of benzene rings is 1. The summed E-state index contributed by atoms with van der Waals surface area (Å²) in [6.07, 6.45) is 6.09. The zero-order valence-electron chi connectivity index (χ0n) is 15.7. The standard InChI is InChI=1S/C21H22ClN3O2S/c1-13(14-5-4-6-15(22)11-14)24-18(26)9-10-25-12-23-20-19(21(25)27)16-7-2-3-8-17(16)28-20/h4-6,11-13H,2-3,7-10H2,1H3,(H,24,26)/t13-/m0/s1. The highest BCUT2D eigenvalue weighted by atomic mass is 35.5. The molecule has 0 saturated heterocycles. The molecule has 0 saturated carbocycles. The van der Waals surface area contributed by atoms with Crippen molar-refractivity contribution in [3.8, 4) is 0 Å². The molecular formula is C21H22ClN3O2S. The minimum atomic E-state index is -0.146. The fraction of sp³-hybridized carbons (Fsp3) is 0.381. The van der Waals surface area contributed by atoms with Crippen molar-refractivity contribution in [1.29, 1.82) is 0 Å². The van der Waals surface area contributed by atoms with Crippen LogP contribution >= 0.6 is 22.9 Å². The van der Waals surface area contributed by atoms with Gasteiger partial charge in [-0.25, -0.2) is 4.98 Å². The molecule has 2 heterocycles. The number of nitrogens with zero attached hydrogens (tertiary/aromatic N) is 2. The Kier molecular flexibility index (Phi) is 5.51. The fourth-order valence-corrected chi connectivity index (χ4v) is 5.15. The first-order chi connectivity index (χ1) is 13.5. The number of amides is 1. The number of carbonyl (C=O) groups is 1. The fourth-order valence-electron chi connectivity index (χ4n) is 3.74. The van der Waals surface area contributed by atoms with Gasteiger partial charge in [-0.2, -0.15) is 0 Å². The van der Waals surface area contributed by atoms with Crippen LogP contribution in [0.4, 0.5) is 0 Å². The lowest BCUT2D eigenvalue weighted by molar-refractivity contribution is -0.121. The van der Waals surface area contributed by atoms with Crippen LogP contribution in [0, 0.1) is 0 Å². The third-order valence-corrected chi connectivity index (χ3v) is 6.68. The molecule has 0 bridgehead atoms. The van der Waals surface area contributed by atoms with Crippen molar-refractivity contribution in [2.75, 3.05) is 0 Å². The molecule has 2 aromatic heterocycles. The van der Waals surface area contributed by atoms with E-state index in [-0.39, 0.29) is 23.9 Å². The van der Waals surface area contributed by atoms with E-state index in [0.717, 1.165) is 35.0 Å². The molecule has 1 aliphatic carbocycles. The average molecular weight is 416 g/mol. The number of hydrogen-bond donors (Lipinski definition) is 1. The summed E-state index contributed by atoms with van der Waals surface area (Å²) in [5, 5.41) is 4.37. The van der Waals surface area contributed by atoms with Gasteiger partial charge in [0.05, 0.1) is 17.8 Å². The second kappa shape index (κ2) is 8.05. The van der Waals surface area contributed by atoms with E-state index in [9.17, 15) is 9.59 Å². The quantitative estimate of drug-likeness (QED) is 0.677. The lowest BCUT2D eigenvalue weighted by Gasteiger charge is -2.15. The van der Waals surface area contributed by atoms with E-state index in [1.54, 1.807) is 28.3 Å². The van der Waals surface area contributed by atoms with Gasteiger partial charge < -0.3 is 5.32 Å². The number of rotatable bonds is 5. The molecule has 5 nitrogen and oxygen atoms in total. The number of carbonyl (C=O) groups excluding carboxylic acids is 1. The van der Waals surface area contributed by atoms with Gasteiger partial charge in [-0.1, -0.05) is 23.7 Å². The Balaban J connectivity index is 1.46. The van der Waals surface area contributed by atoms with Crippen molar-refractivity contribution in [2.45, 2.75) is 51.6 Å². The van der Waals surface area contributed by atoms with Gasteiger partial charge >= 0.3 is 0 Å². The van der Waals surface area contributed by atoms with Crippen molar-refractivity contribution in [3.05, 3.63) is 62.0 Å². The van der Waals surface area contributed by atoms with Crippen LogP contribution in [0.1, 0.15) is 48.2 Å². The maximum Gasteiger partial charge on any atom is 0.262 e. The SMILES string of the molecule is C[C@H](NC(=O)CCn1cnc2sc3c(c2c1=O)CCCC3)c1cccc(Cl)c1. The molecule has 28 heavy (non-hydrogen) atoms. The van der Waals surface area contributed by atoms with Crippen LogP contribution in [-0.4, -0.2) is 15.5 Å². The molecular weight excluding hydrogens is 394 g/mol. The number of hydrogen-bond acceptors (Lipinski definition) is 4. The summed E-state index contributed by atoms with van der Waals surface area (Å²) in [6, 6.07) is 7.29. The van der Waals surface area contributed by atoms with Crippen molar-refractivity contribution in [1.82, 2.24) is 14.9 Å². The van der Waals surface area contributed by atoms with Gasteiger partial charge in [0.25, 0.3) is 5.56 Å². The topological polar surface area (TPSA) is 64.0 Å². The largest absolute Gasteiger partial charge is 0.350 e. The van der Waals surface area contributed by atoms with Crippen molar-refractivity contribution in [2.24, 2.45) is 0 Å². The van der Waals surface area contributed by atoms with Gasteiger partial charge in [0.15, 0.2) is 0 Å². The first-order valence-corrected chi connectivity index (χ1v) is 10.8. The van der Waals surface area contributed by atoms with Crippen LogP contribution in [0.5, 0.6) is 0 Å². The zero-order chi connectivity index (χ0) is 19.7. The predicted molar refractivity (Wildman–Crippen MR) is 113 cm³/mol. The Morgan fingerprint density at radius 1 is 1.36 bits per heavy atom. The molecule has 7 heteroatoms. The summed E-state index contributed by atoms with van der Waals surface area (Å²) in [5.74, 6) is -0.105. The van der Waals surface area contributed by atoms with Gasteiger partial charge in [0, 0.05) is 22.9 Å². The first-order valence-electron chi connectivity index (χ1n) is 9.57. The minimum Gasteiger partial charge on any atom is -0.350 e. The Bertz CT molecular complexity index is 1090. The molecule has 1 aliphatic rings. The normalized spacial score (nSPS) is 14.6. The van der Waals surface area contributed by atoms with Crippen molar-refractivity contribution < 1.29 is 4.79 Å². The van der Waals surface area contributed by atoms with Gasteiger partial charge in [0.1, 0.15) is 4.83 Å². The van der Waals surface area contributed by atoms with Crippen LogP contribution in [0.25, 0.3) is 10.2 Å². The average Bonchev–Trinajstić information content (AvgIpc) is 3.06. The van der Waals surface area contributed by atoms with E-state index in [1.165, 1.54) is 16.9 Å². The van der Waals surface area contributed by atoms with E-state index < -0.39 is 0 Å². The summed E-state index contributed by atoms with van der Waals surface area (Å²) in [7, 11) is 0. The maximum atomic E-state index is 12.9. The summed E-state index contributed by atoms with van der Waals surface area (Å²) in [5.41, 5.74) is 2.10. The predicted octanol–water partition coefficient (Wildman–Crippen LogP) is 4.26. The van der Waals surface area contributed by atoms with Gasteiger partial charge in [-0.15, -0.1) is 11.3 Å². The molecule has 4 rings (SSSR count). The molecule has 1 aromatic carbocycles. The third kappa shape index (κ3) is 3.84. The summed E-state index contributed by atoms with van der Waals surface area (Å²) in [6.45, 7) is 2.24. The Labute approximate surface area is 172 Å². The maximum absolute atomic E-state index is 12.9. The molecule has 0 radical (unpaired) electrons. The molecule has 0 spiro atoms. The number of halogens is 1. The summed E-state index contributed by atoms with van der Waals surface area (Å²) < 4.78 is 1.56. The molecule has 0 fully saturated rings. The monoisotopic (exact) mass is 415 g/mol. The highest BCUT2D eigenvalue weighted by Gasteiger charge is 2.20. The summed E-state index contributed by atoms with van der Waals surface area (Å²) in [4.78, 5) is 31.9. The summed E-state index contributed by atoms with van der Waals surface area (Å²) >= 11 is 7.66. The number of thiophene rings is 1. The molecule has 1 amide bonds. The van der Waals surface area contributed by atoms with Crippen LogP contribution in [0.15, 0.2) is 35.4 Å². The Morgan fingerprint density at radius 2 is 2.18 bits per heavy atom. The number of fused-ring (bicyclic) bond motifs is 3. The van der Waals surface area contributed by atoms with Crippen molar-refractivity contribution >= 4 is 39.1 Å². The zero-order valence-corrected chi connectivity index (χ0v) is 17.3. The smallest absolute Gasteiger partial charge is 0.262 e. The Morgan fingerprint density at radius 3 is 3.00 bits per heavy atom. The van der Waals surface area contributed by atoms with E-state index >= 15 is 0 Å². The van der Waals surface area contributed by atoms with E-state index in [4.69, 9.17) is 11.6 Å². The van der Waals surface area contributed by atoms with Crippen LogP contribution in [0.2, 0.25) is 5.02 Å². The van der Waals surface area contributed by atoms with E-state index in [0.29, 0.717) is 11.6 Å². The second-order valence-corrected chi connectivity index (χ2v) is 8.75. The Hall–Kier alpha value is -2.18. The number of nitrogens with one attached hydrogen (secondary N) is 1. The van der Waals surface area contributed by atoms with Crippen molar-refractivity contribution in [3.63, 3.8) is 0 Å². The highest BCUT2D eigenvalue weighted by molar-refractivity contribution is 7.18. The van der Waals surface area contributed by atoms with Crippen LogP contribution < -0.4 is 10.9 Å². The van der Waals surface area contributed by atoms with Crippen LogP contribution in [-0.2, 0) is 24.2 Å².